The van der Waals surface area contributed by atoms with E-state index in [-0.39, 0.29) is 11.8 Å². The van der Waals surface area contributed by atoms with Gasteiger partial charge in [0, 0.05) is 24.2 Å². The van der Waals surface area contributed by atoms with E-state index in [1.807, 2.05) is 6.07 Å². The van der Waals surface area contributed by atoms with Gasteiger partial charge < -0.3 is 15.5 Å². The number of quaternary nitrogens is 1. The van der Waals surface area contributed by atoms with Gasteiger partial charge in [0.25, 0.3) is 11.8 Å². The van der Waals surface area contributed by atoms with Crippen LogP contribution in [0.3, 0.4) is 0 Å². The van der Waals surface area contributed by atoms with Crippen molar-refractivity contribution in [3.63, 3.8) is 0 Å². The molecule has 2 aliphatic rings. The monoisotopic (exact) mass is 330 g/mol. The number of carbonyl (C=O) groups is 2. The minimum atomic E-state index is -0.141. The van der Waals surface area contributed by atoms with Gasteiger partial charge in [-0.05, 0) is 50.3 Å². The van der Waals surface area contributed by atoms with Crippen molar-refractivity contribution in [1.82, 2.24) is 5.32 Å². The second-order valence-corrected chi connectivity index (χ2v) is 7.09. The molecule has 2 amide bonds. The highest BCUT2D eigenvalue weighted by atomic mass is 16.2. The Morgan fingerprint density at radius 1 is 1.17 bits per heavy atom. The lowest BCUT2D eigenvalue weighted by atomic mass is 9.78. The summed E-state index contributed by atoms with van der Waals surface area (Å²) in [6, 6.07) is 7.77. The summed E-state index contributed by atoms with van der Waals surface area (Å²) < 4.78 is 0. The summed E-state index contributed by atoms with van der Waals surface area (Å²) in [6.07, 6.45) is 7.83. The number of nitrogens with one attached hydrogen (secondary N) is 3. The molecule has 3 rings (SSSR count). The number of likely N-dealkylation sites (tertiary alicyclic amines) is 1. The molecule has 130 valence electrons. The normalized spacial score (nSPS) is 26.3. The summed E-state index contributed by atoms with van der Waals surface area (Å²) in [5.41, 5.74) is 1.26. The van der Waals surface area contributed by atoms with Gasteiger partial charge in [-0.25, -0.2) is 0 Å². The van der Waals surface area contributed by atoms with Crippen LogP contribution in [0.2, 0.25) is 0 Å². The van der Waals surface area contributed by atoms with E-state index in [0.29, 0.717) is 23.8 Å². The van der Waals surface area contributed by atoms with Gasteiger partial charge in [0.15, 0.2) is 6.54 Å². The molecule has 0 aromatic heterocycles. The Kier molecular flexibility index (Phi) is 5.51. The van der Waals surface area contributed by atoms with Crippen molar-refractivity contribution in [1.29, 1.82) is 0 Å². The molecular weight excluding hydrogens is 302 g/mol. The number of fused-ring (bicyclic) bond motifs is 1. The van der Waals surface area contributed by atoms with E-state index in [1.54, 1.807) is 25.2 Å². The molecule has 24 heavy (non-hydrogen) atoms. The molecule has 1 aliphatic carbocycles. The summed E-state index contributed by atoms with van der Waals surface area (Å²) >= 11 is 0. The fourth-order valence-corrected chi connectivity index (χ4v) is 4.38. The van der Waals surface area contributed by atoms with E-state index in [9.17, 15) is 9.59 Å². The molecule has 1 aliphatic heterocycles. The van der Waals surface area contributed by atoms with Gasteiger partial charge in [0.2, 0.25) is 0 Å². The van der Waals surface area contributed by atoms with E-state index in [0.717, 1.165) is 12.5 Å². The molecule has 0 bridgehead atoms. The highest BCUT2D eigenvalue weighted by molar-refractivity contribution is 5.97. The fraction of sp³-hybridized carbons (Fsp3) is 0.579. The van der Waals surface area contributed by atoms with Crippen LogP contribution in [0.4, 0.5) is 5.69 Å². The number of benzene rings is 1. The quantitative estimate of drug-likeness (QED) is 0.777. The second-order valence-electron chi connectivity index (χ2n) is 7.09. The zero-order valence-corrected chi connectivity index (χ0v) is 14.4. The van der Waals surface area contributed by atoms with Gasteiger partial charge in [-0.1, -0.05) is 12.5 Å². The smallest absolute Gasteiger partial charge is 0.279 e. The molecular formula is C19H28N3O2+. The lowest BCUT2D eigenvalue weighted by molar-refractivity contribution is -0.928. The van der Waals surface area contributed by atoms with Crippen LogP contribution in [0.15, 0.2) is 24.3 Å². The van der Waals surface area contributed by atoms with Crippen LogP contribution in [0.25, 0.3) is 0 Å². The third kappa shape index (κ3) is 3.96. The number of piperidine rings is 1. The Hall–Kier alpha value is -1.88. The maximum atomic E-state index is 12.5. The van der Waals surface area contributed by atoms with Gasteiger partial charge in [-0.15, -0.1) is 0 Å². The first kappa shape index (κ1) is 17.0. The van der Waals surface area contributed by atoms with Crippen molar-refractivity contribution in [2.45, 2.75) is 44.6 Å². The Labute approximate surface area is 143 Å². The van der Waals surface area contributed by atoms with Crippen molar-refractivity contribution >= 4 is 17.5 Å². The van der Waals surface area contributed by atoms with Gasteiger partial charge in [0.05, 0.1) is 12.6 Å². The summed E-state index contributed by atoms with van der Waals surface area (Å²) in [5.74, 6) is 0.718. The topological polar surface area (TPSA) is 62.6 Å². The minimum absolute atomic E-state index is 0.0466. The van der Waals surface area contributed by atoms with Gasteiger partial charge >= 0.3 is 0 Å². The molecule has 5 nitrogen and oxygen atoms in total. The Bertz CT molecular complexity index is 600. The predicted octanol–water partition coefficient (Wildman–Crippen LogP) is 1.22. The lowest BCUT2D eigenvalue weighted by Crippen LogP contribution is -3.18. The van der Waals surface area contributed by atoms with E-state index in [1.165, 1.54) is 43.4 Å². The van der Waals surface area contributed by atoms with Crippen molar-refractivity contribution in [3.8, 4) is 0 Å². The average Bonchev–Trinajstić information content (AvgIpc) is 2.61. The van der Waals surface area contributed by atoms with Crippen LogP contribution >= 0.6 is 0 Å². The summed E-state index contributed by atoms with van der Waals surface area (Å²) in [7, 11) is 1.61. The maximum Gasteiger partial charge on any atom is 0.279 e. The van der Waals surface area contributed by atoms with Crippen LogP contribution in [-0.4, -0.2) is 38.0 Å². The van der Waals surface area contributed by atoms with Crippen LogP contribution < -0.4 is 15.5 Å². The number of carbonyl (C=O) groups excluding carboxylic acids is 2. The minimum Gasteiger partial charge on any atom is -0.355 e. The molecule has 1 saturated heterocycles. The van der Waals surface area contributed by atoms with Crippen molar-refractivity contribution in [3.05, 3.63) is 29.8 Å². The molecule has 1 unspecified atom stereocenters. The third-order valence-corrected chi connectivity index (χ3v) is 5.53. The van der Waals surface area contributed by atoms with Crippen molar-refractivity contribution in [2.24, 2.45) is 5.92 Å². The third-order valence-electron chi connectivity index (χ3n) is 5.53. The summed E-state index contributed by atoms with van der Waals surface area (Å²) in [5, 5.41) is 5.57. The zero-order valence-electron chi connectivity index (χ0n) is 14.4. The largest absolute Gasteiger partial charge is 0.355 e. The Morgan fingerprint density at radius 2 is 1.96 bits per heavy atom. The highest BCUT2D eigenvalue weighted by Gasteiger charge is 2.37. The fourth-order valence-electron chi connectivity index (χ4n) is 4.38. The molecule has 1 heterocycles. The summed E-state index contributed by atoms with van der Waals surface area (Å²) in [4.78, 5) is 25.6. The van der Waals surface area contributed by atoms with E-state index < -0.39 is 0 Å². The van der Waals surface area contributed by atoms with Crippen molar-refractivity contribution in [2.75, 3.05) is 25.5 Å². The summed E-state index contributed by atoms with van der Waals surface area (Å²) in [6.45, 7) is 1.64. The number of hydrogen-bond donors (Lipinski definition) is 3. The molecule has 0 spiro atoms. The second kappa shape index (κ2) is 7.79. The van der Waals surface area contributed by atoms with Crippen LogP contribution in [0, 0.1) is 5.92 Å². The molecule has 5 heteroatoms. The average molecular weight is 330 g/mol. The first-order chi connectivity index (χ1) is 11.7. The molecule has 3 atom stereocenters. The number of anilines is 1. The van der Waals surface area contributed by atoms with Gasteiger partial charge in [0.1, 0.15) is 0 Å². The maximum absolute atomic E-state index is 12.5. The standard InChI is InChI=1S/C19H27N3O2/c1-20-19(24)15-7-4-9-16(12-15)21-18(23)13-22-11-5-8-14-6-2-3-10-17(14)22/h4,7,9,12,14,17H,2-3,5-6,8,10-11,13H2,1H3,(H,20,24)(H,21,23)/p+1/t14-,17-/m0/s1. The Balaban J connectivity index is 1.60. The molecule has 1 aromatic carbocycles. The lowest BCUT2D eigenvalue weighted by Gasteiger charge is -2.40. The van der Waals surface area contributed by atoms with Crippen LogP contribution in [-0.2, 0) is 4.79 Å². The SMILES string of the molecule is CNC(=O)c1cccc(NC(=O)C[NH+]2CCC[C@@H]3CCCC[C@@H]32)c1. The van der Waals surface area contributed by atoms with E-state index in [2.05, 4.69) is 10.6 Å². The van der Waals surface area contributed by atoms with E-state index in [4.69, 9.17) is 0 Å². The van der Waals surface area contributed by atoms with Crippen molar-refractivity contribution < 1.29 is 14.5 Å². The Morgan fingerprint density at radius 3 is 2.79 bits per heavy atom. The number of amides is 2. The van der Waals surface area contributed by atoms with Crippen LogP contribution in [0.5, 0.6) is 0 Å². The van der Waals surface area contributed by atoms with Crippen LogP contribution in [0.1, 0.15) is 48.9 Å². The molecule has 1 aromatic rings. The van der Waals surface area contributed by atoms with E-state index >= 15 is 0 Å². The number of hydrogen-bond acceptors (Lipinski definition) is 2. The first-order valence-electron chi connectivity index (χ1n) is 9.14. The molecule has 3 N–H and O–H groups in total. The highest BCUT2D eigenvalue weighted by Crippen LogP contribution is 2.28. The molecule has 2 fully saturated rings. The number of rotatable bonds is 4. The first-order valence-corrected chi connectivity index (χ1v) is 9.14. The van der Waals surface area contributed by atoms with Gasteiger partial charge in [-0.2, -0.15) is 0 Å². The molecule has 0 radical (unpaired) electrons. The molecule has 1 saturated carbocycles. The van der Waals surface area contributed by atoms with Gasteiger partial charge in [-0.3, -0.25) is 9.59 Å². The predicted molar refractivity (Wildman–Crippen MR) is 94.1 cm³/mol. The zero-order chi connectivity index (χ0) is 16.9.